The lowest BCUT2D eigenvalue weighted by atomic mass is 10.1. The van der Waals surface area contributed by atoms with E-state index in [1.54, 1.807) is 6.20 Å². The molecule has 3 rings (SSSR count). The number of carbonyl (C=O) groups excluding carboxylic acids is 1. The molecule has 5 heteroatoms. The summed E-state index contributed by atoms with van der Waals surface area (Å²) in [7, 11) is 0. The van der Waals surface area contributed by atoms with Gasteiger partial charge in [-0.15, -0.1) is 0 Å². The van der Waals surface area contributed by atoms with Crippen LogP contribution in [0.4, 0.5) is 5.69 Å². The number of amides is 1. The van der Waals surface area contributed by atoms with Gasteiger partial charge in [-0.1, -0.05) is 25.1 Å². The van der Waals surface area contributed by atoms with Crippen molar-refractivity contribution in [2.75, 3.05) is 18.0 Å². The van der Waals surface area contributed by atoms with Crippen molar-refractivity contribution in [1.82, 2.24) is 15.1 Å². The third kappa shape index (κ3) is 4.56. The Morgan fingerprint density at radius 3 is 2.52 bits per heavy atom. The molecule has 1 heterocycles. The minimum atomic E-state index is -0.0737. The lowest BCUT2D eigenvalue weighted by molar-refractivity contribution is 0.0951. The summed E-state index contributed by atoms with van der Waals surface area (Å²) in [6, 6.07) is 17.6. The van der Waals surface area contributed by atoms with Crippen LogP contribution in [-0.4, -0.2) is 28.8 Å². The molecule has 140 valence electrons. The molecule has 0 radical (unpaired) electrons. The topological polar surface area (TPSA) is 50.2 Å². The minimum Gasteiger partial charge on any atom is -0.372 e. The van der Waals surface area contributed by atoms with Gasteiger partial charge in [0.2, 0.25) is 0 Å². The average Bonchev–Trinajstić information content (AvgIpc) is 3.25. The Morgan fingerprint density at radius 2 is 1.85 bits per heavy atom. The lowest BCUT2D eigenvalue weighted by Crippen LogP contribution is -2.25. The van der Waals surface area contributed by atoms with Gasteiger partial charge in [0.05, 0.1) is 5.69 Å². The fourth-order valence-electron chi connectivity index (χ4n) is 3.14. The second kappa shape index (κ2) is 9.03. The molecule has 5 nitrogen and oxygen atoms in total. The molecule has 1 amide bonds. The van der Waals surface area contributed by atoms with Gasteiger partial charge in [-0.2, -0.15) is 5.10 Å². The van der Waals surface area contributed by atoms with E-state index in [-0.39, 0.29) is 5.91 Å². The first kappa shape index (κ1) is 18.7. The standard InChI is InChI=1S/C22H26N4O/c1-3-15-25(4-2)20-12-10-18(11-13-20)22(27)23-17-19-8-5-6-9-21(19)26-16-7-14-24-26/h5-14,16H,3-4,15,17H2,1-2H3,(H,23,27). The Kier molecular flexibility index (Phi) is 6.26. The third-order valence-electron chi connectivity index (χ3n) is 4.55. The molecule has 27 heavy (non-hydrogen) atoms. The van der Waals surface area contributed by atoms with Crippen LogP contribution in [0.5, 0.6) is 0 Å². The van der Waals surface area contributed by atoms with Crippen molar-refractivity contribution in [3.05, 3.63) is 78.1 Å². The second-order valence-electron chi connectivity index (χ2n) is 6.39. The maximum Gasteiger partial charge on any atom is 0.251 e. The first-order valence-electron chi connectivity index (χ1n) is 9.44. The summed E-state index contributed by atoms with van der Waals surface area (Å²) in [5.74, 6) is -0.0737. The van der Waals surface area contributed by atoms with E-state index in [0.717, 1.165) is 36.4 Å². The molecule has 2 aromatic carbocycles. The zero-order chi connectivity index (χ0) is 19.1. The van der Waals surface area contributed by atoms with Crippen LogP contribution in [0.1, 0.15) is 36.2 Å². The highest BCUT2D eigenvalue weighted by Gasteiger charge is 2.10. The van der Waals surface area contributed by atoms with Crippen molar-refractivity contribution in [1.29, 1.82) is 0 Å². The molecule has 0 fully saturated rings. The van der Waals surface area contributed by atoms with Gasteiger partial charge >= 0.3 is 0 Å². The van der Waals surface area contributed by atoms with Crippen molar-refractivity contribution in [2.24, 2.45) is 0 Å². The summed E-state index contributed by atoms with van der Waals surface area (Å²) < 4.78 is 1.81. The number of aromatic nitrogens is 2. The predicted octanol–water partition coefficient (Wildman–Crippen LogP) is 4.04. The van der Waals surface area contributed by atoms with Crippen molar-refractivity contribution in [3.8, 4) is 5.69 Å². The number of nitrogens with one attached hydrogen (secondary N) is 1. The van der Waals surface area contributed by atoms with Crippen LogP contribution in [0.3, 0.4) is 0 Å². The Hall–Kier alpha value is -3.08. The SMILES string of the molecule is CCCN(CC)c1ccc(C(=O)NCc2ccccc2-n2cccn2)cc1. The molecule has 1 N–H and O–H groups in total. The maximum absolute atomic E-state index is 12.5. The number of rotatable bonds is 8. The highest BCUT2D eigenvalue weighted by molar-refractivity contribution is 5.94. The van der Waals surface area contributed by atoms with E-state index < -0.39 is 0 Å². The van der Waals surface area contributed by atoms with Gasteiger partial charge < -0.3 is 10.2 Å². The van der Waals surface area contributed by atoms with Crippen molar-refractivity contribution < 1.29 is 4.79 Å². The number of hydrogen-bond acceptors (Lipinski definition) is 3. The second-order valence-corrected chi connectivity index (χ2v) is 6.39. The summed E-state index contributed by atoms with van der Waals surface area (Å²) in [5.41, 5.74) is 3.81. The molecule has 0 saturated carbocycles. The molecule has 0 aliphatic carbocycles. The molecular weight excluding hydrogens is 336 g/mol. The van der Waals surface area contributed by atoms with Gasteiger partial charge in [0, 0.05) is 43.3 Å². The maximum atomic E-state index is 12.5. The number of para-hydroxylation sites is 1. The van der Waals surface area contributed by atoms with Crippen LogP contribution < -0.4 is 10.2 Å². The minimum absolute atomic E-state index is 0.0737. The van der Waals surface area contributed by atoms with Gasteiger partial charge in [0.15, 0.2) is 0 Å². The molecule has 0 saturated heterocycles. The molecule has 0 unspecified atom stereocenters. The molecule has 0 spiro atoms. The van der Waals surface area contributed by atoms with Crippen LogP contribution in [0.2, 0.25) is 0 Å². The third-order valence-corrected chi connectivity index (χ3v) is 4.55. The highest BCUT2D eigenvalue weighted by Crippen LogP contribution is 2.16. The molecule has 1 aromatic heterocycles. The van der Waals surface area contributed by atoms with Crippen LogP contribution in [-0.2, 0) is 6.54 Å². The lowest BCUT2D eigenvalue weighted by Gasteiger charge is -2.22. The quantitative estimate of drug-likeness (QED) is 0.658. The molecule has 0 aliphatic heterocycles. The van der Waals surface area contributed by atoms with Crippen LogP contribution in [0.25, 0.3) is 5.69 Å². The number of anilines is 1. The van der Waals surface area contributed by atoms with Gasteiger partial charge in [-0.3, -0.25) is 4.79 Å². The first-order chi connectivity index (χ1) is 13.2. The molecule has 0 bridgehead atoms. The molecular formula is C22H26N4O. The monoisotopic (exact) mass is 362 g/mol. The van der Waals surface area contributed by atoms with Gasteiger partial charge in [-0.05, 0) is 55.3 Å². The Balaban J connectivity index is 1.67. The van der Waals surface area contributed by atoms with Crippen LogP contribution >= 0.6 is 0 Å². The highest BCUT2D eigenvalue weighted by atomic mass is 16.1. The Morgan fingerprint density at radius 1 is 1.07 bits per heavy atom. The van der Waals surface area contributed by atoms with Crippen LogP contribution in [0.15, 0.2) is 67.0 Å². The Bertz CT molecular complexity index is 856. The normalized spacial score (nSPS) is 10.6. The van der Waals surface area contributed by atoms with E-state index in [9.17, 15) is 4.79 Å². The van der Waals surface area contributed by atoms with Gasteiger partial charge in [-0.25, -0.2) is 4.68 Å². The molecule has 3 aromatic rings. The summed E-state index contributed by atoms with van der Waals surface area (Å²) in [5, 5.41) is 7.29. The average molecular weight is 362 g/mol. The van der Waals surface area contributed by atoms with Crippen LogP contribution in [0, 0.1) is 0 Å². The largest absolute Gasteiger partial charge is 0.372 e. The number of benzene rings is 2. The zero-order valence-electron chi connectivity index (χ0n) is 15.9. The first-order valence-corrected chi connectivity index (χ1v) is 9.44. The van der Waals surface area contributed by atoms with Gasteiger partial charge in [0.25, 0.3) is 5.91 Å². The Labute approximate surface area is 160 Å². The summed E-state index contributed by atoms with van der Waals surface area (Å²) in [4.78, 5) is 14.9. The molecule has 0 atom stereocenters. The van der Waals surface area contributed by atoms with Crippen molar-refractivity contribution >= 4 is 11.6 Å². The number of hydrogen-bond donors (Lipinski definition) is 1. The smallest absolute Gasteiger partial charge is 0.251 e. The summed E-state index contributed by atoms with van der Waals surface area (Å²) in [6.45, 7) is 6.75. The fourth-order valence-corrected chi connectivity index (χ4v) is 3.14. The summed E-state index contributed by atoms with van der Waals surface area (Å²) in [6.07, 6.45) is 4.75. The molecule has 0 aliphatic rings. The van der Waals surface area contributed by atoms with Gasteiger partial charge in [0.1, 0.15) is 0 Å². The van der Waals surface area contributed by atoms with E-state index in [1.165, 1.54) is 0 Å². The summed E-state index contributed by atoms with van der Waals surface area (Å²) >= 11 is 0. The van der Waals surface area contributed by atoms with E-state index in [0.29, 0.717) is 12.1 Å². The number of carbonyl (C=O) groups is 1. The number of nitrogens with zero attached hydrogens (tertiary/aromatic N) is 3. The predicted molar refractivity (Wildman–Crippen MR) is 109 cm³/mol. The van der Waals surface area contributed by atoms with E-state index >= 15 is 0 Å². The van der Waals surface area contributed by atoms with E-state index in [4.69, 9.17) is 0 Å². The van der Waals surface area contributed by atoms with Crippen molar-refractivity contribution in [2.45, 2.75) is 26.8 Å². The van der Waals surface area contributed by atoms with Crippen molar-refractivity contribution in [3.63, 3.8) is 0 Å². The van der Waals surface area contributed by atoms with E-state index in [1.807, 2.05) is 65.5 Å². The van der Waals surface area contributed by atoms with E-state index in [2.05, 4.69) is 29.2 Å². The zero-order valence-corrected chi connectivity index (χ0v) is 15.9. The fraction of sp³-hybridized carbons (Fsp3) is 0.273.